The molecular weight excluding hydrogens is 648 g/mol. The molecule has 8 rings (SSSR count). The minimum Gasteiger partial charge on any atom is -0.508 e. The van der Waals surface area contributed by atoms with Gasteiger partial charge >= 0.3 is 0 Å². The van der Waals surface area contributed by atoms with Crippen LogP contribution in [-0.2, 0) is 0 Å². The average Bonchev–Trinajstić information content (AvgIpc) is 3.66. The van der Waals surface area contributed by atoms with Crippen LogP contribution in [0.15, 0.2) is 115 Å². The molecule has 0 aromatic heterocycles. The van der Waals surface area contributed by atoms with E-state index in [1.807, 2.05) is 36.4 Å². The van der Waals surface area contributed by atoms with Gasteiger partial charge in [0.05, 0.1) is 11.8 Å². The van der Waals surface area contributed by atoms with Crippen LogP contribution in [-0.4, -0.2) is 35.7 Å². The van der Waals surface area contributed by atoms with Gasteiger partial charge in [-0.15, -0.1) is 0 Å². The Morgan fingerprint density at radius 3 is 1.45 bits per heavy atom. The molecule has 0 aliphatic carbocycles. The second-order valence-electron chi connectivity index (χ2n) is 12.9. The van der Waals surface area contributed by atoms with Crippen LogP contribution < -0.4 is 9.47 Å². The van der Waals surface area contributed by atoms with E-state index < -0.39 is 18.1 Å². The molecule has 9 nitrogen and oxygen atoms in total. The highest BCUT2D eigenvalue weighted by Crippen LogP contribution is 2.55. The van der Waals surface area contributed by atoms with Crippen LogP contribution >= 0.6 is 0 Å². The third kappa shape index (κ3) is 5.95. The molecule has 4 atom stereocenters. The van der Waals surface area contributed by atoms with Gasteiger partial charge in [0, 0.05) is 23.3 Å². The van der Waals surface area contributed by atoms with Gasteiger partial charge in [-0.05, 0) is 106 Å². The minimum absolute atomic E-state index is 0.0240. The molecule has 2 aliphatic heterocycles. The van der Waals surface area contributed by atoms with Crippen molar-refractivity contribution in [1.82, 2.24) is 0 Å². The molecule has 0 radical (unpaired) electrons. The van der Waals surface area contributed by atoms with Crippen molar-refractivity contribution in [3.8, 4) is 51.7 Å². The molecule has 254 valence electrons. The molecule has 0 fully saturated rings. The van der Waals surface area contributed by atoms with Gasteiger partial charge in [0.15, 0.2) is 0 Å². The van der Waals surface area contributed by atoms with Gasteiger partial charge in [-0.25, -0.2) is 0 Å². The SMILES string of the molecule is Oc1ccc(C2Oc3ccc(/C=C\c4cc(O)c5c(c4)OC(c4ccc(O)cc4)C5c4cc(O)cc(O)c4)cc3C2c2cc(O)cc(O)c2)cc1. The maximum Gasteiger partial charge on any atom is 0.135 e. The van der Waals surface area contributed by atoms with Crippen molar-refractivity contribution in [2.45, 2.75) is 24.0 Å². The minimum atomic E-state index is -0.626. The van der Waals surface area contributed by atoms with Crippen LogP contribution in [0.1, 0.15) is 68.6 Å². The summed E-state index contributed by atoms with van der Waals surface area (Å²) < 4.78 is 12.9. The Hall–Kier alpha value is -6.74. The van der Waals surface area contributed by atoms with Crippen LogP contribution in [0.4, 0.5) is 0 Å². The maximum atomic E-state index is 11.4. The normalized spacial score (nSPS) is 19.0. The molecule has 0 spiro atoms. The molecule has 6 aromatic rings. The van der Waals surface area contributed by atoms with E-state index in [1.54, 1.807) is 66.7 Å². The maximum absolute atomic E-state index is 11.4. The number of hydrogen-bond donors (Lipinski definition) is 7. The molecule has 7 N–H and O–H groups in total. The summed E-state index contributed by atoms with van der Waals surface area (Å²) in [6, 6.07) is 31.3. The van der Waals surface area contributed by atoms with E-state index in [-0.39, 0.29) is 46.2 Å². The van der Waals surface area contributed by atoms with E-state index in [4.69, 9.17) is 9.47 Å². The lowest BCUT2D eigenvalue weighted by Gasteiger charge is -2.21. The molecule has 0 saturated carbocycles. The highest BCUT2D eigenvalue weighted by molar-refractivity contribution is 5.74. The first-order valence-corrected chi connectivity index (χ1v) is 16.3. The monoisotopic (exact) mass is 680 g/mol. The first kappa shape index (κ1) is 31.5. The van der Waals surface area contributed by atoms with Crippen molar-refractivity contribution in [2.75, 3.05) is 0 Å². The second kappa shape index (κ2) is 12.3. The van der Waals surface area contributed by atoms with E-state index in [1.165, 1.54) is 24.3 Å². The molecule has 4 unspecified atom stereocenters. The molecule has 9 heteroatoms. The summed E-state index contributed by atoms with van der Waals surface area (Å²) in [7, 11) is 0. The number of phenols is 7. The smallest absolute Gasteiger partial charge is 0.135 e. The van der Waals surface area contributed by atoms with Gasteiger partial charge in [0.2, 0.25) is 0 Å². The third-order valence-corrected chi connectivity index (χ3v) is 9.42. The van der Waals surface area contributed by atoms with Crippen molar-refractivity contribution >= 4 is 12.2 Å². The van der Waals surface area contributed by atoms with Crippen LogP contribution in [0, 0.1) is 0 Å². The van der Waals surface area contributed by atoms with Crippen molar-refractivity contribution in [3.05, 3.63) is 160 Å². The fraction of sp³-hybridized carbons (Fsp3) is 0.0952. The number of aromatic hydroxyl groups is 7. The molecule has 2 heterocycles. The Bertz CT molecular complexity index is 2270. The van der Waals surface area contributed by atoms with Gasteiger partial charge in [0.1, 0.15) is 64.0 Å². The number of phenolic OH excluding ortho intramolecular Hbond substituents is 7. The second-order valence-corrected chi connectivity index (χ2v) is 12.9. The van der Waals surface area contributed by atoms with Crippen LogP contribution in [0.25, 0.3) is 12.2 Å². The van der Waals surface area contributed by atoms with Gasteiger partial charge in [-0.1, -0.05) is 42.5 Å². The van der Waals surface area contributed by atoms with Crippen molar-refractivity contribution in [2.24, 2.45) is 0 Å². The summed E-state index contributed by atoms with van der Waals surface area (Å²) in [6.45, 7) is 0. The zero-order valence-corrected chi connectivity index (χ0v) is 26.9. The lowest BCUT2D eigenvalue weighted by atomic mass is 9.84. The Morgan fingerprint density at radius 2 is 0.882 bits per heavy atom. The largest absolute Gasteiger partial charge is 0.508 e. The number of ether oxygens (including phenoxy) is 2. The molecule has 0 amide bonds. The molecule has 6 aromatic carbocycles. The summed E-state index contributed by atoms with van der Waals surface area (Å²) in [5.41, 5.74) is 5.57. The highest BCUT2D eigenvalue weighted by atomic mass is 16.5. The van der Waals surface area contributed by atoms with E-state index in [2.05, 4.69) is 0 Å². The predicted molar refractivity (Wildman–Crippen MR) is 190 cm³/mol. The van der Waals surface area contributed by atoms with E-state index >= 15 is 0 Å². The molecule has 51 heavy (non-hydrogen) atoms. The molecule has 0 saturated heterocycles. The lowest BCUT2D eigenvalue weighted by molar-refractivity contribution is 0.222. The van der Waals surface area contributed by atoms with Crippen molar-refractivity contribution in [3.63, 3.8) is 0 Å². The number of benzene rings is 6. The van der Waals surface area contributed by atoms with Crippen LogP contribution in [0.5, 0.6) is 51.7 Å². The number of rotatable bonds is 6. The Morgan fingerprint density at radius 1 is 0.392 bits per heavy atom. The summed E-state index contributed by atoms with van der Waals surface area (Å²) in [6.07, 6.45) is 2.62. The molecule has 0 bridgehead atoms. The number of fused-ring (bicyclic) bond motifs is 2. The van der Waals surface area contributed by atoms with Gasteiger partial charge in [-0.3, -0.25) is 0 Å². The van der Waals surface area contributed by atoms with Crippen molar-refractivity contribution < 1.29 is 45.2 Å². The lowest BCUT2D eigenvalue weighted by Crippen LogP contribution is -2.11. The summed E-state index contributed by atoms with van der Waals surface area (Å²) >= 11 is 0. The first-order valence-electron chi connectivity index (χ1n) is 16.3. The van der Waals surface area contributed by atoms with E-state index in [0.29, 0.717) is 33.8 Å². The highest BCUT2D eigenvalue weighted by Gasteiger charge is 2.40. The van der Waals surface area contributed by atoms with Crippen molar-refractivity contribution in [1.29, 1.82) is 0 Å². The van der Waals surface area contributed by atoms with Gasteiger partial charge in [-0.2, -0.15) is 0 Å². The Balaban J connectivity index is 1.15. The van der Waals surface area contributed by atoms with Gasteiger partial charge < -0.3 is 45.2 Å². The van der Waals surface area contributed by atoms with Crippen LogP contribution in [0.3, 0.4) is 0 Å². The topological polar surface area (TPSA) is 160 Å². The standard InChI is InChI=1S/C42H32O9/c43-28-8-4-24(5-9-28)41-38(26-16-30(45)20-31(46)17-26)34-13-22(3-12-36(34)50-41)1-2-23-14-35(49)40-37(15-23)51-42(25-6-10-29(44)11-7-25)39(40)27-18-32(47)21-33(48)19-27/h1-21,38-39,41-49H/b2-1-. The fourth-order valence-electron chi connectivity index (χ4n) is 7.22. The number of hydrogen-bond acceptors (Lipinski definition) is 9. The quantitative estimate of drug-likeness (QED) is 0.0858. The molecular formula is C42H32O9. The Labute approximate surface area is 292 Å². The van der Waals surface area contributed by atoms with Gasteiger partial charge in [0.25, 0.3) is 0 Å². The average molecular weight is 681 g/mol. The predicted octanol–water partition coefficient (Wildman–Crippen LogP) is 8.33. The first-order chi connectivity index (χ1) is 24.6. The Kier molecular flexibility index (Phi) is 7.60. The zero-order valence-electron chi connectivity index (χ0n) is 26.9. The molecule has 2 aliphatic rings. The fourth-order valence-corrected chi connectivity index (χ4v) is 7.22. The third-order valence-electron chi connectivity index (χ3n) is 9.42. The zero-order chi connectivity index (χ0) is 35.4. The van der Waals surface area contributed by atoms with E-state index in [0.717, 1.165) is 22.3 Å². The van der Waals surface area contributed by atoms with Crippen LogP contribution in [0.2, 0.25) is 0 Å². The summed E-state index contributed by atoms with van der Waals surface area (Å²) in [4.78, 5) is 0. The summed E-state index contributed by atoms with van der Waals surface area (Å²) in [5.74, 6) is -0.0946. The van der Waals surface area contributed by atoms with E-state index in [9.17, 15) is 35.7 Å². The summed E-state index contributed by atoms with van der Waals surface area (Å²) in [5, 5.41) is 72.5.